The van der Waals surface area contributed by atoms with E-state index in [-0.39, 0.29) is 5.91 Å². The number of nitrogens with one attached hydrogen (secondary N) is 1. The van der Waals surface area contributed by atoms with Crippen LogP contribution in [0.3, 0.4) is 0 Å². The molecule has 2 rings (SSSR count). The third kappa shape index (κ3) is 3.94. The maximum absolute atomic E-state index is 12.1. The molecule has 0 saturated heterocycles. The maximum Gasteiger partial charge on any atom is 0.251 e. The summed E-state index contributed by atoms with van der Waals surface area (Å²) in [6, 6.07) is 7.33. The van der Waals surface area contributed by atoms with Gasteiger partial charge in [0.15, 0.2) is 0 Å². The summed E-state index contributed by atoms with van der Waals surface area (Å²) >= 11 is 0. The molecule has 1 aromatic heterocycles. The van der Waals surface area contributed by atoms with Crippen molar-refractivity contribution < 1.29 is 4.79 Å². The Morgan fingerprint density at radius 3 is 2.90 bits per heavy atom. The molecule has 0 unspecified atom stereocenters. The van der Waals surface area contributed by atoms with E-state index in [4.69, 9.17) is 5.73 Å². The van der Waals surface area contributed by atoms with Gasteiger partial charge >= 0.3 is 0 Å². The fourth-order valence-electron chi connectivity index (χ4n) is 1.87. The average molecular weight is 282 g/mol. The van der Waals surface area contributed by atoms with E-state index in [9.17, 15) is 4.79 Å². The zero-order chi connectivity index (χ0) is 15.2. The van der Waals surface area contributed by atoms with Crippen LogP contribution in [0.1, 0.15) is 27.2 Å². The Kier molecular flexibility index (Phi) is 4.75. The number of aryl methyl sites for hydroxylation is 2. The molecular formula is C16H18N4O. The lowest BCUT2D eigenvalue weighted by atomic mass is 10.0. The standard InChI is InChI=1S/C16H18N4O/c1-12-5-6-14(10-13(12)4-3-8-17)16(21)18-11-15-7-9-20(2)19-15/h5-7,9-10H,8,11,17H2,1-2H3,(H,18,21). The van der Waals surface area contributed by atoms with Crippen molar-refractivity contribution in [1.82, 2.24) is 15.1 Å². The molecule has 0 aliphatic carbocycles. The molecule has 5 nitrogen and oxygen atoms in total. The molecule has 0 spiro atoms. The van der Waals surface area contributed by atoms with Crippen molar-refractivity contribution in [2.45, 2.75) is 13.5 Å². The number of hydrogen-bond acceptors (Lipinski definition) is 3. The molecule has 0 fully saturated rings. The smallest absolute Gasteiger partial charge is 0.251 e. The number of carbonyl (C=O) groups is 1. The minimum Gasteiger partial charge on any atom is -0.346 e. The number of carbonyl (C=O) groups excluding carboxylic acids is 1. The van der Waals surface area contributed by atoms with Gasteiger partial charge in [0.25, 0.3) is 5.91 Å². The van der Waals surface area contributed by atoms with Crippen molar-refractivity contribution in [2.24, 2.45) is 12.8 Å². The molecule has 0 saturated carbocycles. The van der Waals surface area contributed by atoms with Gasteiger partial charge in [-0.25, -0.2) is 0 Å². The third-order valence-electron chi connectivity index (χ3n) is 3.02. The van der Waals surface area contributed by atoms with Crippen molar-refractivity contribution in [2.75, 3.05) is 6.54 Å². The Balaban J connectivity index is 2.08. The van der Waals surface area contributed by atoms with Crippen LogP contribution in [0.2, 0.25) is 0 Å². The number of benzene rings is 1. The highest BCUT2D eigenvalue weighted by molar-refractivity contribution is 5.94. The molecule has 2 aromatic rings. The monoisotopic (exact) mass is 282 g/mol. The fraction of sp³-hybridized carbons (Fsp3) is 0.250. The first-order valence-electron chi connectivity index (χ1n) is 6.66. The summed E-state index contributed by atoms with van der Waals surface area (Å²) in [5.41, 5.74) is 8.63. The van der Waals surface area contributed by atoms with Gasteiger partial charge in [-0.2, -0.15) is 5.10 Å². The highest BCUT2D eigenvalue weighted by atomic mass is 16.1. The lowest BCUT2D eigenvalue weighted by Crippen LogP contribution is -2.23. The summed E-state index contributed by atoms with van der Waals surface area (Å²) < 4.78 is 1.70. The maximum atomic E-state index is 12.1. The van der Waals surface area contributed by atoms with Gasteiger partial charge in [-0.15, -0.1) is 0 Å². The van der Waals surface area contributed by atoms with Crippen LogP contribution < -0.4 is 11.1 Å². The zero-order valence-corrected chi connectivity index (χ0v) is 12.2. The summed E-state index contributed by atoms with van der Waals surface area (Å²) in [5, 5.41) is 7.06. The largest absolute Gasteiger partial charge is 0.346 e. The van der Waals surface area contributed by atoms with Crippen molar-refractivity contribution in [1.29, 1.82) is 0 Å². The number of nitrogens with two attached hydrogens (primary N) is 1. The van der Waals surface area contributed by atoms with Gasteiger partial charge in [-0.05, 0) is 30.7 Å². The van der Waals surface area contributed by atoms with Crippen LogP contribution in [0.5, 0.6) is 0 Å². The first kappa shape index (κ1) is 14.8. The molecular weight excluding hydrogens is 264 g/mol. The molecule has 1 amide bonds. The minimum absolute atomic E-state index is 0.142. The summed E-state index contributed by atoms with van der Waals surface area (Å²) in [6.07, 6.45) is 1.84. The normalized spacial score (nSPS) is 9.86. The number of aromatic nitrogens is 2. The molecule has 0 radical (unpaired) electrons. The van der Waals surface area contributed by atoms with Crippen molar-refractivity contribution in [3.05, 3.63) is 52.8 Å². The van der Waals surface area contributed by atoms with E-state index in [1.165, 1.54) is 0 Å². The first-order valence-corrected chi connectivity index (χ1v) is 6.66. The molecule has 5 heteroatoms. The average Bonchev–Trinajstić information content (AvgIpc) is 2.89. The summed E-state index contributed by atoms with van der Waals surface area (Å²) in [5.74, 6) is 5.64. The third-order valence-corrected chi connectivity index (χ3v) is 3.02. The summed E-state index contributed by atoms with van der Waals surface area (Å²) in [7, 11) is 1.84. The van der Waals surface area contributed by atoms with Gasteiger partial charge in [-0.1, -0.05) is 17.9 Å². The van der Waals surface area contributed by atoms with Crippen LogP contribution in [0.25, 0.3) is 0 Å². The van der Waals surface area contributed by atoms with Gasteiger partial charge in [0.05, 0.1) is 18.8 Å². The molecule has 3 N–H and O–H groups in total. The highest BCUT2D eigenvalue weighted by Crippen LogP contribution is 2.10. The second-order valence-electron chi connectivity index (χ2n) is 4.70. The first-order chi connectivity index (χ1) is 10.1. The van der Waals surface area contributed by atoms with Crippen LogP contribution in [0, 0.1) is 18.8 Å². The van der Waals surface area contributed by atoms with Gasteiger partial charge in [0.2, 0.25) is 0 Å². The van der Waals surface area contributed by atoms with E-state index in [1.807, 2.05) is 32.3 Å². The predicted molar refractivity (Wildman–Crippen MR) is 81.5 cm³/mol. The Hall–Kier alpha value is -2.58. The highest BCUT2D eigenvalue weighted by Gasteiger charge is 2.08. The zero-order valence-electron chi connectivity index (χ0n) is 12.2. The fourth-order valence-corrected chi connectivity index (χ4v) is 1.87. The van der Waals surface area contributed by atoms with E-state index >= 15 is 0 Å². The summed E-state index contributed by atoms with van der Waals surface area (Å²) in [4.78, 5) is 12.1. The van der Waals surface area contributed by atoms with E-state index in [2.05, 4.69) is 22.3 Å². The predicted octanol–water partition coefficient (Wildman–Crippen LogP) is 0.969. The number of nitrogens with zero attached hydrogens (tertiary/aromatic N) is 2. The molecule has 0 aliphatic rings. The number of rotatable bonds is 3. The lowest BCUT2D eigenvalue weighted by Gasteiger charge is -2.05. The van der Waals surface area contributed by atoms with Gasteiger partial charge in [0.1, 0.15) is 0 Å². The van der Waals surface area contributed by atoms with E-state index in [0.717, 1.165) is 16.8 Å². The molecule has 0 atom stereocenters. The van der Waals surface area contributed by atoms with Crippen molar-refractivity contribution in [3.63, 3.8) is 0 Å². The molecule has 21 heavy (non-hydrogen) atoms. The molecule has 1 aromatic carbocycles. The van der Waals surface area contributed by atoms with E-state index < -0.39 is 0 Å². The van der Waals surface area contributed by atoms with Crippen molar-refractivity contribution in [3.8, 4) is 11.8 Å². The SMILES string of the molecule is Cc1ccc(C(=O)NCc2ccn(C)n2)cc1C#CCN. The number of amides is 1. The van der Waals surface area contributed by atoms with Crippen LogP contribution >= 0.6 is 0 Å². The minimum atomic E-state index is -0.142. The second kappa shape index (κ2) is 6.73. The van der Waals surface area contributed by atoms with Gasteiger partial charge < -0.3 is 11.1 Å². The molecule has 0 aliphatic heterocycles. The van der Waals surface area contributed by atoms with E-state index in [0.29, 0.717) is 18.7 Å². The summed E-state index contributed by atoms with van der Waals surface area (Å²) in [6.45, 7) is 2.66. The van der Waals surface area contributed by atoms with Gasteiger partial charge in [0, 0.05) is 24.4 Å². The van der Waals surface area contributed by atoms with Crippen molar-refractivity contribution >= 4 is 5.91 Å². The Morgan fingerprint density at radius 1 is 1.43 bits per heavy atom. The van der Waals surface area contributed by atoms with E-state index in [1.54, 1.807) is 16.8 Å². The van der Waals surface area contributed by atoms with Crippen LogP contribution in [-0.2, 0) is 13.6 Å². The molecule has 108 valence electrons. The van der Waals surface area contributed by atoms with Crippen LogP contribution in [-0.4, -0.2) is 22.2 Å². The number of hydrogen-bond donors (Lipinski definition) is 2. The Bertz CT molecular complexity index is 707. The van der Waals surface area contributed by atoms with Crippen LogP contribution in [0.15, 0.2) is 30.5 Å². The Labute approximate surface area is 124 Å². The topological polar surface area (TPSA) is 72.9 Å². The molecule has 0 bridgehead atoms. The Morgan fingerprint density at radius 2 is 2.24 bits per heavy atom. The quantitative estimate of drug-likeness (QED) is 0.824. The van der Waals surface area contributed by atoms with Gasteiger partial charge in [-0.3, -0.25) is 9.48 Å². The lowest BCUT2D eigenvalue weighted by molar-refractivity contribution is 0.0950. The second-order valence-corrected chi connectivity index (χ2v) is 4.70. The molecule has 1 heterocycles. The van der Waals surface area contributed by atoms with Crippen LogP contribution in [0.4, 0.5) is 0 Å².